The zero-order chi connectivity index (χ0) is 14.8. The Bertz CT molecular complexity index is 598. The van der Waals surface area contributed by atoms with Crippen LogP contribution >= 0.6 is 23.3 Å². The van der Waals surface area contributed by atoms with E-state index in [0.29, 0.717) is 22.1 Å². The lowest BCUT2D eigenvalue weighted by Crippen LogP contribution is -2.10. The summed E-state index contributed by atoms with van der Waals surface area (Å²) in [6.45, 7) is 2.03. The summed E-state index contributed by atoms with van der Waals surface area (Å²) in [6, 6.07) is 2.28. The maximum absolute atomic E-state index is 12.7. The first-order chi connectivity index (χ1) is 9.44. The molecule has 0 amide bonds. The normalized spacial score (nSPS) is 11.8. The van der Waals surface area contributed by atoms with Crippen LogP contribution in [0.2, 0.25) is 0 Å². The highest BCUT2D eigenvalue weighted by Gasteiger charge is 2.33. The number of pyridine rings is 1. The van der Waals surface area contributed by atoms with Gasteiger partial charge in [-0.3, -0.25) is 0 Å². The molecular formula is C11H11F3N4S2. The number of hydrogen-bond acceptors (Lipinski definition) is 6. The molecule has 2 heterocycles. The summed E-state index contributed by atoms with van der Waals surface area (Å²) in [5, 5.41) is 0.223. The van der Waals surface area contributed by atoms with E-state index in [1.807, 2.05) is 6.92 Å². The van der Waals surface area contributed by atoms with E-state index in [1.54, 1.807) is 0 Å². The smallest absolute Gasteiger partial charge is 0.326 e. The highest BCUT2D eigenvalue weighted by atomic mass is 32.2. The molecule has 0 unspecified atom stereocenters. The first-order valence-electron chi connectivity index (χ1n) is 5.71. The molecule has 0 aliphatic heterocycles. The molecule has 0 aromatic carbocycles. The standard InChI is InChI=1S/C11H11F3N4S2/c1-2-8-17-10(20-18-8)19-9-6(5-15)3-4-7(16-9)11(12,13)14/h3-4H,2,5,15H2,1H3. The van der Waals surface area contributed by atoms with Crippen LogP contribution in [0.5, 0.6) is 0 Å². The van der Waals surface area contributed by atoms with Crippen molar-refractivity contribution in [1.82, 2.24) is 14.3 Å². The van der Waals surface area contributed by atoms with Gasteiger partial charge in [0.2, 0.25) is 0 Å². The van der Waals surface area contributed by atoms with Gasteiger partial charge in [-0.15, -0.1) is 0 Å². The maximum Gasteiger partial charge on any atom is 0.433 e. The van der Waals surface area contributed by atoms with Crippen molar-refractivity contribution in [3.63, 3.8) is 0 Å². The third-order valence-corrected chi connectivity index (χ3v) is 4.23. The summed E-state index contributed by atoms with van der Waals surface area (Å²) >= 11 is 2.20. The molecule has 2 rings (SSSR count). The van der Waals surface area contributed by atoms with Crippen LogP contribution in [0.3, 0.4) is 0 Å². The fraction of sp³-hybridized carbons (Fsp3) is 0.364. The minimum atomic E-state index is -4.47. The Morgan fingerprint density at radius 3 is 2.60 bits per heavy atom. The predicted octanol–water partition coefficient (Wildman–Crippen LogP) is 3.12. The fourth-order valence-electron chi connectivity index (χ4n) is 1.38. The monoisotopic (exact) mass is 320 g/mol. The number of aryl methyl sites for hydroxylation is 1. The van der Waals surface area contributed by atoms with Crippen LogP contribution in [0, 0.1) is 0 Å². The number of nitrogens with zero attached hydrogens (tertiary/aromatic N) is 3. The van der Waals surface area contributed by atoms with Crippen molar-refractivity contribution in [1.29, 1.82) is 0 Å². The van der Waals surface area contributed by atoms with Crippen LogP contribution in [0.4, 0.5) is 13.2 Å². The Morgan fingerprint density at radius 1 is 1.30 bits per heavy atom. The summed E-state index contributed by atoms with van der Waals surface area (Å²) in [7, 11) is 0. The Kier molecular flexibility index (Phi) is 4.61. The summed E-state index contributed by atoms with van der Waals surface area (Å²) < 4.78 is 42.7. The van der Waals surface area contributed by atoms with Crippen molar-refractivity contribution in [2.24, 2.45) is 5.73 Å². The summed E-state index contributed by atoms with van der Waals surface area (Å²) in [6.07, 6.45) is -3.80. The quantitative estimate of drug-likeness (QED) is 0.937. The van der Waals surface area contributed by atoms with E-state index in [1.165, 1.54) is 6.07 Å². The lowest BCUT2D eigenvalue weighted by molar-refractivity contribution is -0.141. The van der Waals surface area contributed by atoms with E-state index in [9.17, 15) is 13.2 Å². The molecular weight excluding hydrogens is 309 g/mol. The molecule has 0 saturated heterocycles. The summed E-state index contributed by atoms with van der Waals surface area (Å²) in [5.41, 5.74) is 5.15. The van der Waals surface area contributed by atoms with Gasteiger partial charge >= 0.3 is 6.18 Å². The number of rotatable bonds is 4. The van der Waals surface area contributed by atoms with Crippen LogP contribution < -0.4 is 5.73 Å². The molecule has 0 bridgehead atoms. The van der Waals surface area contributed by atoms with Gasteiger partial charge in [0, 0.05) is 13.0 Å². The average Bonchev–Trinajstić information content (AvgIpc) is 2.85. The van der Waals surface area contributed by atoms with Gasteiger partial charge in [-0.2, -0.15) is 17.5 Å². The van der Waals surface area contributed by atoms with Crippen LogP contribution in [0.15, 0.2) is 21.5 Å². The van der Waals surface area contributed by atoms with E-state index in [2.05, 4.69) is 14.3 Å². The number of aromatic nitrogens is 3. The fourth-order valence-corrected chi connectivity index (χ4v) is 3.12. The molecule has 0 radical (unpaired) electrons. The second-order valence-electron chi connectivity index (χ2n) is 3.79. The molecule has 2 aromatic heterocycles. The molecule has 0 saturated carbocycles. The van der Waals surface area contributed by atoms with E-state index in [0.717, 1.165) is 29.4 Å². The van der Waals surface area contributed by atoms with Crippen molar-refractivity contribution in [2.45, 2.75) is 35.4 Å². The minimum absolute atomic E-state index is 0.118. The average molecular weight is 320 g/mol. The Labute approximate surface area is 121 Å². The van der Waals surface area contributed by atoms with Gasteiger partial charge in [0.05, 0.1) is 0 Å². The highest BCUT2D eigenvalue weighted by molar-refractivity contribution is 8.00. The van der Waals surface area contributed by atoms with Gasteiger partial charge in [0.1, 0.15) is 16.5 Å². The summed E-state index contributed by atoms with van der Waals surface area (Å²) in [5.74, 6) is 0.666. The summed E-state index contributed by atoms with van der Waals surface area (Å²) in [4.78, 5) is 7.84. The molecule has 108 valence electrons. The third-order valence-electron chi connectivity index (χ3n) is 2.40. The van der Waals surface area contributed by atoms with Crippen LogP contribution in [-0.2, 0) is 19.1 Å². The van der Waals surface area contributed by atoms with E-state index < -0.39 is 11.9 Å². The Balaban J connectivity index is 2.33. The van der Waals surface area contributed by atoms with Crippen molar-refractivity contribution >= 4 is 23.3 Å². The van der Waals surface area contributed by atoms with Crippen molar-refractivity contribution in [3.8, 4) is 0 Å². The second-order valence-corrected chi connectivity index (χ2v) is 5.78. The number of halogens is 3. The zero-order valence-electron chi connectivity index (χ0n) is 10.4. The van der Waals surface area contributed by atoms with E-state index in [4.69, 9.17) is 5.73 Å². The molecule has 2 N–H and O–H groups in total. The first kappa shape index (κ1) is 15.2. The number of hydrogen-bond donors (Lipinski definition) is 1. The molecule has 2 aromatic rings. The van der Waals surface area contributed by atoms with Crippen LogP contribution in [0.25, 0.3) is 0 Å². The van der Waals surface area contributed by atoms with Gasteiger partial charge in [0.25, 0.3) is 0 Å². The largest absolute Gasteiger partial charge is 0.433 e. The predicted molar refractivity (Wildman–Crippen MR) is 70.5 cm³/mol. The van der Waals surface area contributed by atoms with Gasteiger partial charge < -0.3 is 5.73 Å². The SMILES string of the molecule is CCc1nsc(Sc2nc(C(F)(F)F)ccc2CN)n1. The first-order valence-corrected chi connectivity index (χ1v) is 7.30. The zero-order valence-corrected chi connectivity index (χ0v) is 12.1. The molecule has 0 fully saturated rings. The molecule has 4 nitrogen and oxygen atoms in total. The Morgan fingerprint density at radius 2 is 2.05 bits per heavy atom. The van der Waals surface area contributed by atoms with Gasteiger partial charge in [-0.1, -0.05) is 13.0 Å². The van der Waals surface area contributed by atoms with Crippen LogP contribution in [0.1, 0.15) is 24.0 Å². The van der Waals surface area contributed by atoms with Crippen molar-refractivity contribution in [2.75, 3.05) is 0 Å². The Hall–Kier alpha value is -1.19. The number of alkyl halides is 3. The molecule has 0 aliphatic carbocycles. The van der Waals surface area contributed by atoms with E-state index in [-0.39, 0.29) is 11.6 Å². The topological polar surface area (TPSA) is 64.7 Å². The van der Waals surface area contributed by atoms with Gasteiger partial charge in [-0.05, 0) is 34.9 Å². The van der Waals surface area contributed by atoms with Crippen molar-refractivity contribution in [3.05, 3.63) is 29.2 Å². The van der Waals surface area contributed by atoms with Gasteiger partial charge in [-0.25, -0.2) is 9.97 Å². The maximum atomic E-state index is 12.7. The third kappa shape index (κ3) is 3.47. The molecule has 9 heteroatoms. The van der Waals surface area contributed by atoms with E-state index >= 15 is 0 Å². The molecule has 0 spiro atoms. The number of nitrogens with two attached hydrogens (primary N) is 1. The highest BCUT2D eigenvalue weighted by Crippen LogP contribution is 2.34. The minimum Gasteiger partial charge on any atom is -0.326 e. The lowest BCUT2D eigenvalue weighted by atomic mass is 10.2. The molecule has 0 aliphatic rings. The molecule has 20 heavy (non-hydrogen) atoms. The lowest BCUT2D eigenvalue weighted by Gasteiger charge is -2.10. The van der Waals surface area contributed by atoms with Crippen LogP contribution in [-0.4, -0.2) is 14.3 Å². The molecule has 0 atom stereocenters. The van der Waals surface area contributed by atoms with Crippen molar-refractivity contribution < 1.29 is 13.2 Å². The van der Waals surface area contributed by atoms with Gasteiger partial charge in [0.15, 0.2) is 4.34 Å². The second kappa shape index (κ2) is 6.06.